The third kappa shape index (κ3) is 3.10. The van der Waals surface area contributed by atoms with Gasteiger partial charge in [0.2, 0.25) is 0 Å². The zero-order chi connectivity index (χ0) is 20.7. The van der Waals surface area contributed by atoms with Gasteiger partial charge in [-0.25, -0.2) is 9.78 Å². The highest BCUT2D eigenvalue weighted by Crippen LogP contribution is 2.24. The van der Waals surface area contributed by atoms with Crippen LogP contribution in [-0.2, 0) is 14.1 Å². The molecular weight excluding hydrogens is 370 g/mol. The molecule has 0 saturated carbocycles. The van der Waals surface area contributed by atoms with Crippen LogP contribution >= 0.6 is 0 Å². The lowest BCUT2D eigenvalue weighted by atomic mass is 10.2. The normalized spacial score (nSPS) is 11.3. The molecule has 3 aromatic heterocycles. The molecule has 4 rings (SSSR count). The van der Waals surface area contributed by atoms with Gasteiger partial charge in [0.05, 0.1) is 16.6 Å². The van der Waals surface area contributed by atoms with Crippen LogP contribution in [0.2, 0.25) is 0 Å². The average Bonchev–Trinajstić information content (AvgIpc) is 3.21. The van der Waals surface area contributed by atoms with Crippen LogP contribution in [0.4, 0.5) is 11.5 Å². The van der Waals surface area contributed by atoms with E-state index in [1.54, 1.807) is 31.6 Å². The monoisotopic (exact) mass is 391 g/mol. The van der Waals surface area contributed by atoms with Crippen LogP contribution < -0.4 is 16.6 Å². The van der Waals surface area contributed by atoms with E-state index in [4.69, 9.17) is 0 Å². The second-order valence-electron chi connectivity index (χ2n) is 7.09. The number of nitrogens with zero attached hydrogens (tertiary/aromatic N) is 6. The van der Waals surface area contributed by atoms with Crippen molar-refractivity contribution in [2.24, 2.45) is 14.1 Å². The molecule has 0 amide bonds. The topological polar surface area (TPSA) is 99.6 Å². The van der Waals surface area contributed by atoms with Crippen LogP contribution in [0.15, 0.2) is 52.3 Å². The van der Waals surface area contributed by atoms with E-state index in [1.807, 2.05) is 36.6 Å². The molecule has 3 heterocycles. The first-order chi connectivity index (χ1) is 13.9. The molecule has 9 heteroatoms. The number of hydrogen-bond acceptors (Lipinski definition) is 6. The minimum atomic E-state index is -0.368. The number of pyridine rings is 1. The largest absolute Gasteiger partial charge is 0.339 e. The van der Waals surface area contributed by atoms with E-state index in [9.17, 15) is 9.59 Å². The predicted molar refractivity (Wildman–Crippen MR) is 111 cm³/mol. The Balaban J connectivity index is 1.82. The highest BCUT2D eigenvalue weighted by Gasteiger charge is 2.14. The first kappa shape index (κ1) is 18.6. The summed E-state index contributed by atoms with van der Waals surface area (Å²) in [5.74, 6) is 1.23. The minimum absolute atomic E-state index is 0.195. The third-order valence-corrected chi connectivity index (χ3v) is 4.87. The molecule has 1 N–H and O–H groups in total. The molecule has 0 aliphatic rings. The van der Waals surface area contributed by atoms with Crippen molar-refractivity contribution < 1.29 is 0 Å². The first-order valence-corrected chi connectivity index (χ1v) is 9.21. The molecule has 29 heavy (non-hydrogen) atoms. The predicted octanol–water partition coefficient (Wildman–Crippen LogP) is 2.22. The van der Waals surface area contributed by atoms with E-state index in [1.165, 1.54) is 11.6 Å². The number of aryl methyl sites for hydroxylation is 1. The molecule has 0 saturated heterocycles. The summed E-state index contributed by atoms with van der Waals surface area (Å²) in [6.07, 6.45) is 1.68. The molecule has 0 bridgehead atoms. The number of rotatable bonds is 4. The van der Waals surface area contributed by atoms with E-state index in [-0.39, 0.29) is 17.3 Å². The molecule has 1 aromatic carbocycles. The SMILES string of the molecule is CC(C)n1cnnc1-c1cccc(Nc2cccc3c2c(=O)n(C)c(=O)n3C)n1. The van der Waals surface area contributed by atoms with Crippen molar-refractivity contribution in [2.75, 3.05) is 5.32 Å². The maximum absolute atomic E-state index is 12.8. The Morgan fingerprint density at radius 1 is 1.00 bits per heavy atom. The lowest BCUT2D eigenvalue weighted by Crippen LogP contribution is -2.37. The maximum Gasteiger partial charge on any atom is 0.330 e. The van der Waals surface area contributed by atoms with Crippen molar-refractivity contribution in [3.05, 3.63) is 63.6 Å². The summed E-state index contributed by atoms with van der Waals surface area (Å²) in [6, 6.07) is 11.1. The fourth-order valence-corrected chi connectivity index (χ4v) is 3.30. The number of anilines is 2. The second kappa shape index (κ2) is 7.01. The highest BCUT2D eigenvalue weighted by molar-refractivity contribution is 5.92. The number of nitrogens with one attached hydrogen (secondary N) is 1. The van der Waals surface area contributed by atoms with Gasteiger partial charge in [-0.3, -0.25) is 13.9 Å². The first-order valence-electron chi connectivity index (χ1n) is 9.21. The average molecular weight is 391 g/mol. The third-order valence-electron chi connectivity index (χ3n) is 4.87. The van der Waals surface area contributed by atoms with Crippen LogP contribution in [0.1, 0.15) is 19.9 Å². The fraction of sp³-hybridized carbons (Fsp3) is 0.250. The standard InChI is InChI=1S/C20H21N7O2/c1-12(2)27-11-21-24-18(27)14-8-6-10-16(23-14)22-13-7-5-9-15-17(13)19(28)26(4)20(29)25(15)3/h5-12H,1-4H3,(H,22,23). The van der Waals surface area contributed by atoms with Gasteiger partial charge < -0.3 is 9.88 Å². The summed E-state index contributed by atoms with van der Waals surface area (Å²) in [5.41, 5.74) is 1.07. The van der Waals surface area contributed by atoms with Gasteiger partial charge in [0.1, 0.15) is 17.8 Å². The molecule has 148 valence electrons. The van der Waals surface area contributed by atoms with E-state index in [0.29, 0.717) is 33.9 Å². The Hall–Kier alpha value is -3.75. The van der Waals surface area contributed by atoms with Crippen molar-refractivity contribution in [1.82, 2.24) is 28.9 Å². The summed E-state index contributed by atoms with van der Waals surface area (Å²) in [6.45, 7) is 4.09. The van der Waals surface area contributed by atoms with Gasteiger partial charge in [-0.1, -0.05) is 12.1 Å². The van der Waals surface area contributed by atoms with Crippen molar-refractivity contribution in [2.45, 2.75) is 19.9 Å². The smallest absolute Gasteiger partial charge is 0.330 e. The molecule has 0 aliphatic carbocycles. The zero-order valence-corrected chi connectivity index (χ0v) is 16.6. The van der Waals surface area contributed by atoms with Gasteiger partial charge in [0.15, 0.2) is 5.82 Å². The van der Waals surface area contributed by atoms with E-state index >= 15 is 0 Å². The summed E-state index contributed by atoms with van der Waals surface area (Å²) in [4.78, 5) is 29.6. The minimum Gasteiger partial charge on any atom is -0.339 e. The van der Waals surface area contributed by atoms with Crippen LogP contribution in [0.25, 0.3) is 22.4 Å². The number of benzene rings is 1. The highest BCUT2D eigenvalue weighted by atomic mass is 16.2. The van der Waals surface area contributed by atoms with Gasteiger partial charge in [0.25, 0.3) is 5.56 Å². The number of fused-ring (bicyclic) bond motifs is 1. The summed E-state index contributed by atoms with van der Waals surface area (Å²) in [5, 5.41) is 11.8. The number of aromatic nitrogens is 6. The Kier molecular flexibility index (Phi) is 4.50. The molecule has 0 fully saturated rings. The lowest BCUT2D eigenvalue weighted by Gasteiger charge is -2.13. The molecule has 0 unspecified atom stereocenters. The Morgan fingerprint density at radius 3 is 2.52 bits per heavy atom. The van der Waals surface area contributed by atoms with E-state index in [0.717, 1.165) is 4.57 Å². The Bertz CT molecular complexity index is 1330. The van der Waals surface area contributed by atoms with Crippen LogP contribution in [0, 0.1) is 0 Å². The van der Waals surface area contributed by atoms with Gasteiger partial charge in [0, 0.05) is 20.1 Å². The molecule has 0 atom stereocenters. The molecule has 4 aromatic rings. The molecule has 0 radical (unpaired) electrons. The molecule has 0 aliphatic heterocycles. The quantitative estimate of drug-likeness (QED) is 0.573. The van der Waals surface area contributed by atoms with Crippen molar-refractivity contribution in [3.63, 3.8) is 0 Å². The van der Waals surface area contributed by atoms with Crippen LogP contribution in [0.3, 0.4) is 0 Å². The molecular formula is C20H21N7O2. The van der Waals surface area contributed by atoms with Crippen LogP contribution in [-0.4, -0.2) is 28.9 Å². The summed E-state index contributed by atoms with van der Waals surface area (Å²) in [7, 11) is 3.12. The Labute approximate surface area is 166 Å². The van der Waals surface area contributed by atoms with Gasteiger partial charge >= 0.3 is 5.69 Å². The van der Waals surface area contributed by atoms with Crippen molar-refractivity contribution >= 4 is 22.4 Å². The zero-order valence-electron chi connectivity index (χ0n) is 16.6. The maximum atomic E-state index is 12.8. The summed E-state index contributed by atoms with van der Waals surface area (Å²) >= 11 is 0. The lowest BCUT2D eigenvalue weighted by molar-refractivity contribution is 0.603. The molecule has 9 nitrogen and oxygen atoms in total. The van der Waals surface area contributed by atoms with E-state index < -0.39 is 0 Å². The van der Waals surface area contributed by atoms with Gasteiger partial charge in [-0.2, -0.15) is 0 Å². The number of hydrogen-bond donors (Lipinski definition) is 1. The van der Waals surface area contributed by atoms with Crippen LogP contribution in [0.5, 0.6) is 0 Å². The Morgan fingerprint density at radius 2 is 1.76 bits per heavy atom. The van der Waals surface area contributed by atoms with E-state index in [2.05, 4.69) is 20.5 Å². The van der Waals surface area contributed by atoms with Gasteiger partial charge in [-0.05, 0) is 38.1 Å². The molecule has 0 spiro atoms. The van der Waals surface area contributed by atoms with Gasteiger partial charge in [-0.15, -0.1) is 10.2 Å². The fourth-order valence-electron chi connectivity index (χ4n) is 3.30. The summed E-state index contributed by atoms with van der Waals surface area (Å²) < 4.78 is 4.49. The van der Waals surface area contributed by atoms with Crippen molar-refractivity contribution in [1.29, 1.82) is 0 Å². The second-order valence-corrected chi connectivity index (χ2v) is 7.09. The van der Waals surface area contributed by atoms with Crippen molar-refractivity contribution in [3.8, 4) is 11.5 Å².